The van der Waals surface area contributed by atoms with Crippen molar-refractivity contribution >= 4 is 22.7 Å². The molecule has 34 heavy (non-hydrogen) atoms. The number of halogens is 1. The third-order valence-corrected chi connectivity index (χ3v) is 5.34. The number of rotatable bonds is 7. The number of amides is 2. The molecule has 0 bridgehead atoms. The van der Waals surface area contributed by atoms with E-state index in [-0.39, 0.29) is 24.3 Å². The zero-order valence-corrected chi connectivity index (χ0v) is 18.7. The van der Waals surface area contributed by atoms with Crippen molar-refractivity contribution in [1.82, 2.24) is 4.90 Å². The van der Waals surface area contributed by atoms with Crippen molar-refractivity contribution in [2.24, 2.45) is 0 Å². The van der Waals surface area contributed by atoms with Gasteiger partial charge in [0.15, 0.2) is 5.43 Å². The Morgan fingerprint density at radius 1 is 1.00 bits per heavy atom. The predicted molar refractivity (Wildman–Crippen MR) is 127 cm³/mol. The average Bonchev–Trinajstić information content (AvgIpc) is 2.86. The fraction of sp³-hybridized carbons (Fsp3) is 0.154. The molecule has 8 heteroatoms. The summed E-state index contributed by atoms with van der Waals surface area (Å²) in [5.41, 5.74) is 1.69. The van der Waals surface area contributed by atoms with Crippen LogP contribution >= 0.6 is 0 Å². The molecule has 0 aliphatic heterocycles. The molecule has 0 saturated heterocycles. The van der Waals surface area contributed by atoms with Crippen LogP contribution in [0.3, 0.4) is 0 Å². The number of hydrogen-bond acceptors (Lipinski definition) is 5. The van der Waals surface area contributed by atoms with Gasteiger partial charge in [-0.2, -0.15) is 0 Å². The summed E-state index contributed by atoms with van der Waals surface area (Å²) in [5, 5.41) is 3.25. The topological polar surface area (TPSA) is 81.0 Å². The van der Waals surface area contributed by atoms with E-state index >= 15 is 0 Å². The van der Waals surface area contributed by atoms with Crippen molar-refractivity contribution in [3.8, 4) is 11.5 Å². The molecule has 0 radical (unpaired) electrons. The van der Waals surface area contributed by atoms with E-state index in [0.717, 1.165) is 0 Å². The molecule has 0 fully saturated rings. The van der Waals surface area contributed by atoms with Crippen LogP contribution in [0, 0.1) is 5.82 Å². The first-order valence-electron chi connectivity index (χ1n) is 10.5. The Morgan fingerprint density at radius 3 is 2.50 bits per heavy atom. The summed E-state index contributed by atoms with van der Waals surface area (Å²) in [5.74, 6) is 0.615. The summed E-state index contributed by atoms with van der Waals surface area (Å²) in [6.07, 6.45) is 1.36. The summed E-state index contributed by atoms with van der Waals surface area (Å²) in [4.78, 5) is 27.8. The van der Waals surface area contributed by atoms with Crippen LogP contribution in [0.1, 0.15) is 11.1 Å². The maximum Gasteiger partial charge on any atom is 0.322 e. The molecule has 0 saturated carbocycles. The van der Waals surface area contributed by atoms with Crippen LogP contribution < -0.4 is 20.2 Å². The molecule has 1 heterocycles. The molecular weight excluding hydrogens is 439 g/mol. The monoisotopic (exact) mass is 462 g/mol. The highest BCUT2D eigenvalue weighted by Crippen LogP contribution is 2.29. The summed E-state index contributed by atoms with van der Waals surface area (Å²) in [7, 11) is 3.02. The number of anilines is 1. The lowest BCUT2D eigenvalue weighted by Gasteiger charge is -2.24. The lowest BCUT2D eigenvalue weighted by atomic mass is 10.1. The second-order valence-corrected chi connectivity index (χ2v) is 7.57. The minimum atomic E-state index is -0.472. The van der Waals surface area contributed by atoms with Crippen LogP contribution in [0.2, 0.25) is 0 Å². The van der Waals surface area contributed by atoms with E-state index in [4.69, 9.17) is 13.9 Å². The number of para-hydroxylation sites is 1. The average molecular weight is 462 g/mol. The van der Waals surface area contributed by atoms with Gasteiger partial charge in [0.25, 0.3) is 0 Å². The van der Waals surface area contributed by atoms with Crippen molar-refractivity contribution in [1.29, 1.82) is 0 Å². The van der Waals surface area contributed by atoms with Crippen molar-refractivity contribution < 1.29 is 23.1 Å². The Balaban J connectivity index is 1.65. The van der Waals surface area contributed by atoms with E-state index in [1.54, 1.807) is 54.6 Å². The number of nitrogens with zero attached hydrogens (tertiary/aromatic N) is 1. The van der Waals surface area contributed by atoms with E-state index in [2.05, 4.69) is 5.32 Å². The SMILES string of the molecule is COc1ccc(NC(=O)N(Cc2ccc(F)cc2)Cc2coc3ccccc3c2=O)c(OC)c1. The van der Waals surface area contributed by atoms with Gasteiger partial charge >= 0.3 is 6.03 Å². The molecule has 1 N–H and O–H groups in total. The second kappa shape index (κ2) is 10.1. The summed E-state index contributed by atoms with van der Waals surface area (Å²) in [6, 6.07) is 17.3. The van der Waals surface area contributed by atoms with E-state index < -0.39 is 6.03 Å². The molecule has 4 aromatic rings. The van der Waals surface area contributed by atoms with Crippen molar-refractivity contribution in [3.05, 3.63) is 100 Å². The number of nitrogens with one attached hydrogen (secondary N) is 1. The molecule has 7 nitrogen and oxygen atoms in total. The second-order valence-electron chi connectivity index (χ2n) is 7.57. The van der Waals surface area contributed by atoms with Gasteiger partial charge in [-0.1, -0.05) is 24.3 Å². The van der Waals surface area contributed by atoms with Crippen LogP contribution in [0.5, 0.6) is 11.5 Å². The van der Waals surface area contributed by atoms with Gasteiger partial charge in [0.05, 0.1) is 43.7 Å². The first kappa shape index (κ1) is 22.8. The van der Waals surface area contributed by atoms with Gasteiger partial charge in [0.1, 0.15) is 22.9 Å². The smallest absolute Gasteiger partial charge is 0.322 e. The van der Waals surface area contributed by atoms with Gasteiger partial charge in [-0.25, -0.2) is 9.18 Å². The van der Waals surface area contributed by atoms with Crippen LogP contribution in [0.15, 0.2) is 82.2 Å². The maximum atomic E-state index is 13.4. The normalized spacial score (nSPS) is 10.7. The van der Waals surface area contributed by atoms with E-state index in [1.807, 2.05) is 0 Å². The number of ether oxygens (including phenoxy) is 2. The van der Waals surface area contributed by atoms with Gasteiger partial charge in [-0.05, 0) is 42.0 Å². The van der Waals surface area contributed by atoms with Crippen LogP contribution in [0.25, 0.3) is 11.0 Å². The van der Waals surface area contributed by atoms with Gasteiger partial charge in [-0.3, -0.25) is 4.79 Å². The van der Waals surface area contributed by atoms with Crippen LogP contribution in [-0.4, -0.2) is 25.2 Å². The van der Waals surface area contributed by atoms with Crippen LogP contribution in [0.4, 0.5) is 14.9 Å². The Kier molecular flexibility index (Phi) is 6.77. The standard InChI is InChI=1S/C26H23FN2O5/c1-32-20-11-12-22(24(13-20)33-2)28-26(31)29(14-17-7-9-19(27)10-8-17)15-18-16-34-23-6-4-3-5-21(23)25(18)30/h3-13,16H,14-15H2,1-2H3,(H,28,31). The van der Waals surface area contributed by atoms with Crippen molar-refractivity contribution in [2.75, 3.05) is 19.5 Å². The van der Waals surface area contributed by atoms with Gasteiger partial charge < -0.3 is 24.1 Å². The van der Waals surface area contributed by atoms with E-state index in [1.165, 1.54) is 37.5 Å². The molecule has 0 atom stereocenters. The van der Waals surface area contributed by atoms with Crippen LogP contribution in [-0.2, 0) is 13.1 Å². The third-order valence-electron chi connectivity index (χ3n) is 5.34. The largest absolute Gasteiger partial charge is 0.497 e. The molecule has 2 amide bonds. The Labute approximate surface area is 195 Å². The number of carbonyl (C=O) groups is 1. The molecule has 3 aromatic carbocycles. The summed E-state index contributed by atoms with van der Waals surface area (Å²) in [6.45, 7) is 0.117. The number of hydrogen-bond donors (Lipinski definition) is 1. The quantitative estimate of drug-likeness (QED) is 0.409. The zero-order valence-electron chi connectivity index (χ0n) is 18.7. The molecule has 174 valence electrons. The third kappa shape index (κ3) is 5.01. The minimum Gasteiger partial charge on any atom is -0.497 e. The van der Waals surface area contributed by atoms with Crippen molar-refractivity contribution in [2.45, 2.75) is 13.1 Å². The van der Waals surface area contributed by atoms with E-state index in [9.17, 15) is 14.0 Å². The van der Waals surface area contributed by atoms with Gasteiger partial charge in [0.2, 0.25) is 0 Å². The molecule has 0 aliphatic rings. The Morgan fingerprint density at radius 2 is 1.76 bits per heavy atom. The molecular formula is C26H23FN2O5. The minimum absolute atomic E-state index is 0.0190. The lowest BCUT2D eigenvalue weighted by Crippen LogP contribution is -2.35. The lowest BCUT2D eigenvalue weighted by molar-refractivity contribution is 0.206. The summed E-state index contributed by atoms with van der Waals surface area (Å²) >= 11 is 0. The highest BCUT2D eigenvalue weighted by atomic mass is 19.1. The number of carbonyl (C=O) groups excluding carboxylic acids is 1. The first-order chi connectivity index (χ1) is 16.5. The maximum absolute atomic E-state index is 13.4. The van der Waals surface area contributed by atoms with E-state index in [0.29, 0.717) is 39.3 Å². The first-order valence-corrected chi connectivity index (χ1v) is 10.5. The summed E-state index contributed by atoms with van der Waals surface area (Å²) < 4.78 is 29.6. The van der Waals surface area contributed by atoms with Crippen molar-refractivity contribution in [3.63, 3.8) is 0 Å². The number of benzene rings is 3. The van der Waals surface area contributed by atoms with Gasteiger partial charge in [0, 0.05) is 12.6 Å². The molecule has 4 rings (SSSR count). The highest BCUT2D eigenvalue weighted by molar-refractivity contribution is 5.91. The molecule has 0 spiro atoms. The highest BCUT2D eigenvalue weighted by Gasteiger charge is 2.19. The fourth-order valence-corrected chi connectivity index (χ4v) is 3.54. The molecule has 0 aliphatic carbocycles. The Bertz CT molecular complexity index is 1370. The predicted octanol–water partition coefficient (Wildman–Crippen LogP) is 5.18. The number of urea groups is 1. The van der Waals surface area contributed by atoms with Gasteiger partial charge in [-0.15, -0.1) is 0 Å². The molecule has 0 unspecified atom stereocenters. The number of methoxy groups -OCH3 is 2. The zero-order chi connectivity index (χ0) is 24.1. The number of fused-ring (bicyclic) bond motifs is 1. The Hall–Kier alpha value is -4.33. The fourth-order valence-electron chi connectivity index (χ4n) is 3.54. The molecule has 1 aromatic heterocycles.